The lowest BCUT2D eigenvalue weighted by Gasteiger charge is -2.25. The van der Waals surface area contributed by atoms with E-state index in [4.69, 9.17) is 4.74 Å². The number of carbonyl (C=O) groups is 3. The molecule has 1 amide bonds. The van der Waals surface area contributed by atoms with Crippen molar-refractivity contribution in [3.8, 4) is 0 Å². The number of benzene rings is 1. The Morgan fingerprint density at radius 2 is 1.70 bits per heavy atom. The van der Waals surface area contributed by atoms with E-state index in [1.807, 2.05) is 18.2 Å². The molecule has 0 N–H and O–H groups in total. The van der Waals surface area contributed by atoms with Gasteiger partial charge in [0.1, 0.15) is 0 Å². The van der Waals surface area contributed by atoms with Crippen LogP contribution in [0, 0.1) is 5.92 Å². The molecule has 0 saturated carbocycles. The van der Waals surface area contributed by atoms with Crippen LogP contribution in [0.15, 0.2) is 54.9 Å². The standard InChI is InChI=1S/C21H24N2O4/c1-16(21(26)27-2)14-23(15-17-10-12-22-13-11-17)20(25)9-8-19(24)18-6-4-3-5-7-18/h3-7,10-13,16H,8-9,14-15H2,1-2H3. The van der Waals surface area contributed by atoms with Crippen LogP contribution in [0.3, 0.4) is 0 Å². The van der Waals surface area contributed by atoms with Gasteiger partial charge in [0.05, 0.1) is 13.0 Å². The van der Waals surface area contributed by atoms with E-state index in [-0.39, 0.29) is 37.0 Å². The normalized spacial score (nSPS) is 11.5. The highest BCUT2D eigenvalue weighted by molar-refractivity contribution is 5.97. The van der Waals surface area contributed by atoms with E-state index in [0.717, 1.165) is 5.56 Å². The van der Waals surface area contributed by atoms with Gasteiger partial charge in [0.15, 0.2) is 5.78 Å². The van der Waals surface area contributed by atoms with Crippen molar-refractivity contribution < 1.29 is 19.1 Å². The molecule has 27 heavy (non-hydrogen) atoms. The van der Waals surface area contributed by atoms with Crippen molar-refractivity contribution in [3.05, 3.63) is 66.0 Å². The van der Waals surface area contributed by atoms with Crippen LogP contribution in [0.2, 0.25) is 0 Å². The third-order valence-corrected chi connectivity index (χ3v) is 4.23. The Kier molecular flexibility index (Phi) is 7.67. The third-order valence-electron chi connectivity index (χ3n) is 4.23. The number of rotatable bonds is 9. The van der Waals surface area contributed by atoms with Crippen LogP contribution in [-0.2, 0) is 20.9 Å². The molecule has 1 unspecified atom stereocenters. The third kappa shape index (κ3) is 6.33. The summed E-state index contributed by atoms with van der Waals surface area (Å²) in [5.41, 5.74) is 1.50. The molecule has 1 atom stereocenters. The molecule has 6 heteroatoms. The number of aromatic nitrogens is 1. The summed E-state index contributed by atoms with van der Waals surface area (Å²) in [5.74, 6) is -1.07. The molecule has 6 nitrogen and oxygen atoms in total. The fourth-order valence-electron chi connectivity index (χ4n) is 2.72. The zero-order chi connectivity index (χ0) is 19.6. The maximum atomic E-state index is 12.7. The number of ketones is 1. The van der Waals surface area contributed by atoms with E-state index in [1.165, 1.54) is 7.11 Å². The van der Waals surface area contributed by atoms with Crippen LogP contribution >= 0.6 is 0 Å². The van der Waals surface area contributed by atoms with Crippen molar-refractivity contribution in [1.29, 1.82) is 0 Å². The van der Waals surface area contributed by atoms with Gasteiger partial charge in [-0.05, 0) is 17.7 Å². The van der Waals surface area contributed by atoms with Crippen molar-refractivity contribution >= 4 is 17.7 Å². The molecule has 2 rings (SSSR count). The molecule has 0 aliphatic rings. The van der Waals surface area contributed by atoms with Crippen molar-refractivity contribution in [2.45, 2.75) is 26.3 Å². The second kappa shape index (κ2) is 10.2. The van der Waals surface area contributed by atoms with Gasteiger partial charge >= 0.3 is 5.97 Å². The average Bonchev–Trinajstić information content (AvgIpc) is 2.71. The minimum atomic E-state index is -0.453. The summed E-state index contributed by atoms with van der Waals surface area (Å²) in [5, 5.41) is 0. The van der Waals surface area contributed by atoms with E-state index >= 15 is 0 Å². The van der Waals surface area contributed by atoms with E-state index in [9.17, 15) is 14.4 Å². The monoisotopic (exact) mass is 368 g/mol. The van der Waals surface area contributed by atoms with Gasteiger partial charge in [-0.2, -0.15) is 0 Å². The number of hydrogen-bond acceptors (Lipinski definition) is 5. The molecule has 2 aromatic rings. The van der Waals surface area contributed by atoms with Gasteiger partial charge in [0.25, 0.3) is 0 Å². The average molecular weight is 368 g/mol. The fraction of sp³-hybridized carbons (Fsp3) is 0.333. The topological polar surface area (TPSA) is 76.6 Å². The predicted molar refractivity (Wildman–Crippen MR) is 101 cm³/mol. The van der Waals surface area contributed by atoms with Crippen molar-refractivity contribution in [3.63, 3.8) is 0 Å². The minimum Gasteiger partial charge on any atom is -0.469 e. The minimum absolute atomic E-state index is 0.0752. The first-order valence-electron chi connectivity index (χ1n) is 8.84. The molecule has 1 aromatic carbocycles. The van der Waals surface area contributed by atoms with Crippen LogP contribution < -0.4 is 0 Å². The van der Waals surface area contributed by atoms with Gasteiger partial charge in [0.2, 0.25) is 5.91 Å². The molecular weight excluding hydrogens is 344 g/mol. The molecule has 0 bridgehead atoms. The number of nitrogens with zero attached hydrogens (tertiary/aromatic N) is 2. The fourth-order valence-corrected chi connectivity index (χ4v) is 2.72. The van der Waals surface area contributed by atoms with E-state index in [1.54, 1.807) is 48.5 Å². The molecule has 0 fully saturated rings. The smallest absolute Gasteiger partial charge is 0.310 e. The Hall–Kier alpha value is -3.02. The summed E-state index contributed by atoms with van der Waals surface area (Å²) in [6.45, 7) is 2.29. The lowest BCUT2D eigenvalue weighted by atomic mass is 10.1. The molecule has 1 aromatic heterocycles. The molecule has 0 spiro atoms. The van der Waals surface area contributed by atoms with E-state index in [2.05, 4.69) is 4.98 Å². The van der Waals surface area contributed by atoms with Crippen LogP contribution in [0.1, 0.15) is 35.7 Å². The Morgan fingerprint density at radius 3 is 2.33 bits per heavy atom. The Morgan fingerprint density at radius 1 is 1.04 bits per heavy atom. The molecule has 1 heterocycles. The number of hydrogen-bond donors (Lipinski definition) is 0. The quantitative estimate of drug-likeness (QED) is 0.502. The maximum Gasteiger partial charge on any atom is 0.310 e. The van der Waals surface area contributed by atoms with Gasteiger partial charge in [-0.3, -0.25) is 19.4 Å². The number of methoxy groups -OCH3 is 1. The van der Waals surface area contributed by atoms with E-state index in [0.29, 0.717) is 12.1 Å². The Labute approximate surface area is 159 Å². The largest absolute Gasteiger partial charge is 0.469 e. The molecule has 0 aliphatic heterocycles. The van der Waals surface area contributed by atoms with Gasteiger partial charge in [-0.15, -0.1) is 0 Å². The molecule has 0 aliphatic carbocycles. The SMILES string of the molecule is COC(=O)C(C)CN(Cc1ccncc1)C(=O)CCC(=O)c1ccccc1. The van der Waals surface area contributed by atoms with Crippen LogP contribution in [0.5, 0.6) is 0 Å². The maximum absolute atomic E-state index is 12.7. The number of esters is 1. The zero-order valence-electron chi connectivity index (χ0n) is 15.6. The highest BCUT2D eigenvalue weighted by Crippen LogP contribution is 2.12. The second-order valence-electron chi connectivity index (χ2n) is 6.34. The van der Waals surface area contributed by atoms with Crippen LogP contribution in [-0.4, -0.2) is 41.2 Å². The Balaban J connectivity index is 2.03. The summed E-state index contributed by atoms with van der Waals surface area (Å²) < 4.78 is 4.76. The number of amides is 1. The second-order valence-corrected chi connectivity index (χ2v) is 6.34. The first-order chi connectivity index (χ1) is 13.0. The van der Waals surface area contributed by atoms with Crippen molar-refractivity contribution in [2.75, 3.05) is 13.7 Å². The summed E-state index contributed by atoms with van der Waals surface area (Å²) in [4.78, 5) is 42.3. The summed E-state index contributed by atoms with van der Waals surface area (Å²) in [6, 6.07) is 12.5. The molecular formula is C21H24N2O4. The highest BCUT2D eigenvalue weighted by Gasteiger charge is 2.22. The van der Waals surface area contributed by atoms with Gasteiger partial charge in [-0.25, -0.2) is 0 Å². The number of carbonyl (C=O) groups excluding carboxylic acids is 3. The lowest BCUT2D eigenvalue weighted by Crippen LogP contribution is -2.37. The van der Waals surface area contributed by atoms with Gasteiger partial charge in [0, 0.05) is 43.9 Å². The first kappa shape index (κ1) is 20.3. The first-order valence-corrected chi connectivity index (χ1v) is 8.84. The summed E-state index contributed by atoms with van der Waals surface area (Å²) in [6.07, 6.45) is 3.52. The summed E-state index contributed by atoms with van der Waals surface area (Å²) >= 11 is 0. The van der Waals surface area contributed by atoms with Crippen LogP contribution in [0.4, 0.5) is 0 Å². The van der Waals surface area contributed by atoms with Crippen LogP contribution in [0.25, 0.3) is 0 Å². The summed E-state index contributed by atoms with van der Waals surface area (Å²) in [7, 11) is 1.33. The molecule has 0 saturated heterocycles. The van der Waals surface area contributed by atoms with Gasteiger partial charge in [-0.1, -0.05) is 37.3 Å². The van der Waals surface area contributed by atoms with Crippen molar-refractivity contribution in [2.24, 2.45) is 5.92 Å². The molecule has 0 radical (unpaired) electrons. The zero-order valence-corrected chi connectivity index (χ0v) is 15.6. The number of pyridine rings is 1. The lowest BCUT2D eigenvalue weighted by molar-refractivity contribution is -0.146. The predicted octanol–water partition coefficient (Wildman–Crippen LogP) is 2.88. The van der Waals surface area contributed by atoms with Gasteiger partial charge < -0.3 is 9.64 Å². The van der Waals surface area contributed by atoms with Crippen molar-refractivity contribution in [1.82, 2.24) is 9.88 Å². The van der Waals surface area contributed by atoms with E-state index < -0.39 is 5.92 Å². The molecule has 142 valence electrons. The highest BCUT2D eigenvalue weighted by atomic mass is 16.5. The Bertz CT molecular complexity index is 762. The number of ether oxygens (including phenoxy) is 1. The number of Topliss-reactive ketones (excluding diaryl/α,β-unsaturated/α-hetero) is 1.